The fourth-order valence-electron chi connectivity index (χ4n) is 2.19. The zero-order chi connectivity index (χ0) is 15.0. The van der Waals surface area contributed by atoms with Crippen molar-refractivity contribution in [3.8, 4) is 27.5 Å². The van der Waals surface area contributed by atoms with Gasteiger partial charge in [-0.3, -0.25) is 0 Å². The van der Waals surface area contributed by atoms with Gasteiger partial charge in [-0.15, -0.1) is 11.3 Å². The maximum Gasteiger partial charge on any atom is 0.186 e. The van der Waals surface area contributed by atoms with Crippen LogP contribution in [0.4, 0.5) is 5.82 Å². The van der Waals surface area contributed by atoms with Crippen molar-refractivity contribution in [3.05, 3.63) is 40.8 Å². The molecule has 21 heavy (non-hydrogen) atoms. The van der Waals surface area contributed by atoms with E-state index in [4.69, 9.17) is 15.0 Å². The molecule has 5 heteroatoms. The third-order valence-corrected chi connectivity index (χ3v) is 4.64. The van der Waals surface area contributed by atoms with Gasteiger partial charge in [0.2, 0.25) is 0 Å². The molecule has 0 saturated carbocycles. The van der Waals surface area contributed by atoms with Crippen molar-refractivity contribution < 1.29 is 9.26 Å². The van der Waals surface area contributed by atoms with Gasteiger partial charge in [0.05, 0.1) is 17.6 Å². The number of aryl methyl sites for hydroxylation is 2. The minimum atomic E-state index is 0.402. The molecule has 1 aromatic carbocycles. The summed E-state index contributed by atoms with van der Waals surface area (Å²) < 4.78 is 10.6. The van der Waals surface area contributed by atoms with Gasteiger partial charge in [0.15, 0.2) is 11.6 Å². The molecule has 0 saturated heterocycles. The number of benzene rings is 1. The number of hydrogen-bond acceptors (Lipinski definition) is 5. The molecule has 2 heterocycles. The molecule has 0 unspecified atom stereocenters. The van der Waals surface area contributed by atoms with Crippen molar-refractivity contribution in [1.82, 2.24) is 5.16 Å². The van der Waals surface area contributed by atoms with Gasteiger partial charge in [0, 0.05) is 4.88 Å². The van der Waals surface area contributed by atoms with E-state index in [-0.39, 0.29) is 0 Å². The van der Waals surface area contributed by atoms with E-state index in [1.54, 1.807) is 18.4 Å². The highest BCUT2D eigenvalue weighted by molar-refractivity contribution is 7.15. The molecular weight excluding hydrogens is 284 g/mol. The van der Waals surface area contributed by atoms with E-state index in [1.165, 1.54) is 10.4 Å². The van der Waals surface area contributed by atoms with Gasteiger partial charge in [-0.05, 0) is 43.2 Å². The molecule has 2 aromatic heterocycles. The molecule has 0 aliphatic carbocycles. The molecule has 0 spiro atoms. The predicted octanol–water partition coefficient (Wildman–Crippen LogP) is 4.28. The topological polar surface area (TPSA) is 61.3 Å². The summed E-state index contributed by atoms with van der Waals surface area (Å²) in [6.45, 7) is 4.18. The number of anilines is 1. The van der Waals surface area contributed by atoms with Crippen LogP contribution in [0.25, 0.3) is 21.8 Å². The third-order valence-electron chi connectivity index (χ3n) is 3.49. The fraction of sp³-hybridized carbons (Fsp3) is 0.188. The average Bonchev–Trinajstić information content (AvgIpc) is 3.02. The SMILES string of the molecule is COc1ccc(-c2c(N)noc2-c2cc(C)c(C)s2)cc1. The molecule has 0 fully saturated rings. The van der Waals surface area contributed by atoms with Crippen LogP contribution in [0.5, 0.6) is 5.75 Å². The van der Waals surface area contributed by atoms with Crippen molar-refractivity contribution in [1.29, 1.82) is 0 Å². The average molecular weight is 300 g/mol. The Labute approximate surface area is 127 Å². The van der Waals surface area contributed by atoms with Crippen LogP contribution in [0, 0.1) is 13.8 Å². The Balaban J connectivity index is 2.11. The molecule has 108 valence electrons. The van der Waals surface area contributed by atoms with Gasteiger partial charge < -0.3 is 15.0 Å². The summed E-state index contributed by atoms with van der Waals surface area (Å²) in [7, 11) is 1.64. The Morgan fingerprint density at radius 3 is 2.48 bits per heavy atom. The van der Waals surface area contributed by atoms with Crippen LogP contribution in [0.3, 0.4) is 0 Å². The summed E-state index contributed by atoms with van der Waals surface area (Å²) in [5.74, 6) is 1.93. The molecule has 0 aliphatic rings. The van der Waals surface area contributed by atoms with Gasteiger partial charge >= 0.3 is 0 Å². The van der Waals surface area contributed by atoms with Crippen LogP contribution < -0.4 is 10.5 Å². The minimum absolute atomic E-state index is 0.402. The van der Waals surface area contributed by atoms with Crippen molar-refractivity contribution in [2.45, 2.75) is 13.8 Å². The molecule has 3 aromatic rings. The van der Waals surface area contributed by atoms with E-state index < -0.39 is 0 Å². The number of nitrogen functional groups attached to an aromatic ring is 1. The van der Waals surface area contributed by atoms with Gasteiger partial charge in [-0.1, -0.05) is 17.3 Å². The molecule has 0 bridgehead atoms. The number of hydrogen-bond donors (Lipinski definition) is 1. The fourth-order valence-corrected chi connectivity index (χ4v) is 3.21. The predicted molar refractivity (Wildman–Crippen MR) is 85.7 cm³/mol. The summed E-state index contributed by atoms with van der Waals surface area (Å²) in [5.41, 5.74) is 9.03. The van der Waals surface area contributed by atoms with Crippen molar-refractivity contribution in [3.63, 3.8) is 0 Å². The Morgan fingerprint density at radius 1 is 1.19 bits per heavy atom. The second kappa shape index (κ2) is 5.26. The van der Waals surface area contributed by atoms with Crippen LogP contribution in [-0.4, -0.2) is 12.3 Å². The summed E-state index contributed by atoms with van der Waals surface area (Å²) in [4.78, 5) is 2.31. The van der Waals surface area contributed by atoms with E-state index in [9.17, 15) is 0 Å². The normalized spacial score (nSPS) is 10.8. The standard InChI is InChI=1S/C16H16N2O2S/c1-9-8-13(21-10(9)2)15-14(16(17)18-20-15)11-4-6-12(19-3)7-5-11/h4-8H,1-3H3,(H2,17,18). The van der Waals surface area contributed by atoms with Gasteiger partial charge in [-0.25, -0.2) is 0 Å². The van der Waals surface area contributed by atoms with Crippen LogP contribution in [0.2, 0.25) is 0 Å². The zero-order valence-electron chi connectivity index (χ0n) is 12.1. The molecule has 0 atom stereocenters. The highest BCUT2D eigenvalue weighted by Crippen LogP contribution is 2.40. The summed E-state index contributed by atoms with van der Waals surface area (Å²) in [5, 5.41) is 3.93. The number of nitrogens with two attached hydrogens (primary N) is 1. The second-order valence-electron chi connectivity index (χ2n) is 4.85. The second-order valence-corrected chi connectivity index (χ2v) is 6.11. The molecule has 0 amide bonds. The Morgan fingerprint density at radius 2 is 1.90 bits per heavy atom. The smallest absolute Gasteiger partial charge is 0.186 e. The van der Waals surface area contributed by atoms with Crippen molar-refractivity contribution >= 4 is 17.2 Å². The first kappa shape index (κ1) is 13.7. The first-order chi connectivity index (χ1) is 10.1. The molecule has 4 nitrogen and oxygen atoms in total. The van der Waals surface area contributed by atoms with Gasteiger partial charge in [0.1, 0.15) is 5.75 Å². The highest BCUT2D eigenvalue weighted by atomic mass is 32.1. The highest BCUT2D eigenvalue weighted by Gasteiger charge is 2.19. The molecule has 3 rings (SSSR count). The van der Waals surface area contributed by atoms with Crippen LogP contribution in [0.1, 0.15) is 10.4 Å². The lowest BCUT2D eigenvalue weighted by Crippen LogP contribution is -1.89. The summed E-state index contributed by atoms with van der Waals surface area (Å²) in [6, 6.07) is 9.82. The monoisotopic (exact) mass is 300 g/mol. The quantitative estimate of drug-likeness (QED) is 0.784. The zero-order valence-corrected chi connectivity index (χ0v) is 13.0. The Kier molecular flexibility index (Phi) is 3.43. The first-order valence-electron chi connectivity index (χ1n) is 6.57. The number of thiophene rings is 1. The molecule has 0 radical (unpaired) electrons. The van der Waals surface area contributed by atoms with Crippen LogP contribution in [-0.2, 0) is 0 Å². The third kappa shape index (κ3) is 2.40. The lowest BCUT2D eigenvalue weighted by atomic mass is 10.0. The lowest BCUT2D eigenvalue weighted by molar-refractivity contribution is 0.415. The Bertz CT molecular complexity index is 753. The molecule has 2 N–H and O–H groups in total. The number of methoxy groups -OCH3 is 1. The summed E-state index contributed by atoms with van der Waals surface area (Å²) >= 11 is 1.68. The van der Waals surface area contributed by atoms with Crippen LogP contribution >= 0.6 is 11.3 Å². The largest absolute Gasteiger partial charge is 0.497 e. The first-order valence-corrected chi connectivity index (χ1v) is 7.38. The van der Waals surface area contributed by atoms with Crippen molar-refractivity contribution in [2.75, 3.05) is 12.8 Å². The maximum atomic E-state index is 5.99. The Hall–Kier alpha value is -2.27. The van der Waals surface area contributed by atoms with E-state index in [0.29, 0.717) is 5.82 Å². The van der Waals surface area contributed by atoms with E-state index in [2.05, 4.69) is 25.1 Å². The van der Waals surface area contributed by atoms with Crippen LogP contribution in [0.15, 0.2) is 34.9 Å². The van der Waals surface area contributed by atoms with Gasteiger partial charge in [0.25, 0.3) is 0 Å². The minimum Gasteiger partial charge on any atom is -0.497 e. The van der Waals surface area contributed by atoms with E-state index in [0.717, 1.165) is 27.5 Å². The number of rotatable bonds is 3. The molecular formula is C16H16N2O2S. The number of nitrogens with zero attached hydrogens (tertiary/aromatic N) is 1. The number of ether oxygens (including phenoxy) is 1. The number of aromatic nitrogens is 1. The van der Waals surface area contributed by atoms with Crippen molar-refractivity contribution in [2.24, 2.45) is 0 Å². The van der Waals surface area contributed by atoms with E-state index >= 15 is 0 Å². The molecule has 0 aliphatic heterocycles. The summed E-state index contributed by atoms with van der Waals surface area (Å²) in [6.07, 6.45) is 0. The maximum absolute atomic E-state index is 5.99. The van der Waals surface area contributed by atoms with Gasteiger partial charge in [-0.2, -0.15) is 0 Å². The lowest BCUT2D eigenvalue weighted by Gasteiger charge is -2.03. The van der Waals surface area contributed by atoms with E-state index in [1.807, 2.05) is 24.3 Å².